The number of aliphatic hydroxyl groups excluding tert-OH is 3. The van der Waals surface area contributed by atoms with E-state index in [9.17, 15) is 28.5 Å². The van der Waals surface area contributed by atoms with Crippen LogP contribution in [0.4, 0.5) is 0 Å². The summed E-state index contributed by atoms with van der Waals surface area (Å²) >= 11 is 0. The molecule has 1 rings (SSSR count). The van der Waals surface area contributed by atoms with Crippen molar-refractivity contribution < 1.29 is 56.2 Å². The van der Waals surface area contributed by atoms with Gasteiger partial charge in [-0.15, -0.1) is 0 Å². The highest BCUT2D eigenvalue weighted by molar-refractivity contribution is 7.80. The van der Waals surface area contributed by atoms with E-state index in [1.165, 1.54) is 12.8 Å². The predicted molar refractivity (Wildman–Crippen MR) is 220 cm³/mol. The number of esters is 1. The van der Waals surface area contributed by atoms with Crippen LogP contribution in [0.2, 0.25) is 0 Å². The van der Waals surface area contributed by atoms with Crippen molar-refractivity contribution in [2.75, 3.05) is 26.4 Å². The number of ether oxygens (including phenoxy) is 4. The average Bonchev–Trinajstić information content (AvgIpc) is 3.17. The van der Waals surface area contributed by atoms with Crippen molar-refractivity contribution in [3.8, 4) is 0 Å². The summed E-state index contributed by atoms with van der Waals surface area (Å²) in [7, 11) is -5.06. The van der Waals surface area contributed by atoms with E-state index >= 15 is 0 Å². The molecule has 324 valence electrons. The van der Waals surface area contributed by atoms with E-state index in [2.05, 4.69) is 78.8 Å². The summed E-state index contributed by atoms with van der Waals surface area (Å²) in [4.78, 5) is 12.8. The maximum atomic E-state index is 12.8. The number of allylic oxidation sites excluding steroid dienone is 10. The SMILES string of the molecule is CC/C=C\C/C=C\C/C=C\C/C=C\CCCCCCCOCC(COC1OC(CO)C(O)C(OS(=O)(=O)O)C1O)OC(=O)CCCCCCC/C=C\CCCC. The fourth-order valence-electron chi connectivity index (χ4n) is 5.94. The van der Waals surface area contributed by atoms with Gasteiger partial charge in [-0.05, 0) is 70.6 Å². The van der Waals surface area contributed by atoms with Crippen LogP contribution in [-0.4, -0.2) is 97.5 Å². The Balaban J connectivity index is 2.47. The normalized spacial score (nSPS) is 21.4. The summed E-state index contributed by atoms with van der Waals surface area (Å²) in [5.41, 5.74) is 0. The Morgan fingerprint density at radius 1 is 0.696 bits per heavy atom. The second-order valence-corrected chi connectivity index (χ2v) is 15.2. The zero-order valence-corrected chi connectivity index (χ0v) is 35.0. The van der Waals surface area contributed by atoms with Crippen LogP contribution in [-0.2, 0) is 38.3 Å². The van der Waals surface area contributed by atoms with Gasteiger partial charge in [-0.3, -0.25) is 9.35 Å². The van der Waals surface area contributed by atoms with Gasteiger partial charge in [-0.1, -0.05) is 126 Å². The van der Waals surface area contributed by atoms with E-state index in [1.807, 2.05) is 0 Å². The van der Waals surface area contributed by atoms with Gasteiger partial charge >= 0.3 is 16.4 Å². The van der Waals surface area contributed by atoms with Crippen molar-refractivity contribution >= 4 is 16.4 Å². The molecule has 1 saturated heterocycles. The highest BCUT2D eigenvalue weighted by atomic mass is 32.3. The number of unbranched alkanes of at least 4 members (excludes halogenated alkanes) is 12. The molecule has 0 amide bonds. The molecule has 6 atom stereocenters. The van der Waals surface area contributed by atoms with E-state index in [0.29, 0.717) is 13.0 Å². The number of carbonyl (C=O) groups excluding carboxylic acids is 1. The van der Waals surface area contributed by atoms with Gasteiger partial charge in [0.25, 0.3) is 0 Å². The Morgan fingerprint density at radius 2 is 1.23 bits per heavy atom. The first-order valence-electron chi connectivity index (χ1n) is 21.0. The number of rotatable bonds is 35. The van der Waals surface area contributed by atoms with Gasteiger partial charge in [0.05, 0.1) is 19.8 Å². The Hall–Kier alpha value is -2.20. The molecule has 0 bridgehead atoms. The van der Waals surface area contributed by atoms with E-state index < -0.39 is 59.8 Å². The zero-order chi connectivity index (χ0) is 41.1. The van der Waals surface area contributed by atoms with Crippen molar-refractivity contribution in [1.29, 1.82) is 0 Å². The molecule has 1 aliphatic rings. The lowest BCUT2D eigenvalue weighted by molar-refractivity contribution is -0.301. The fraction of sp³-hybridized carbons (Fsp3) is 0.744. The molecule has 1 aliphatic heterocycles. The van der Waals surface area contributed by atoms with Crippen LogP contribution in [0.1, 0.15) is 142 Å². The third-order valence-corrected chi connectivity index (χ3v) is 9.59. The summed E-state index contributed by atoms with van der Waals surface area (Å²) in [6.07, 6.45) is 32.6. The molecule has 12 nitrogen and oxygen atoms in total. The second-order valence-electron chi connectivity index (χ2n) is 14.2. The van der Waals surface area contributed by atoms with E-state index in [-0.39, 0.29) is 19.6 Å². The molecule has 13 heteroatoms. The van der Waals surface area contributed by atoms with Crippen LogP contribution < -0.4 is 0 Å². The molecule has 6 unspecified atom stereocenters. The molecular formula is C43H74O12S. The Bertz CT molecular complexity index is 1220. The largest absolute Gasteiger partial charge is 0.457 e. The van der Waals surface area contributed by atoms with E-state index in [1.54, 1.807) is 0 Å². The zero-order valence-electron chi connectivity index (χ0n) is 34.2. The molecule has 0 aromatic carbocycles. The number of hydrogen-bond acceptors (Lipinski definition) is 11. The summed E-state index contributed by atoms with van der Waals surface area (Å²) in [6, 6.07) is 0. The molecule has 0 aliphatic carbocycles. The Kier molecular flexibility index (Phi) is 32.2. The van der Waals surface area contributed by atoms with Gasteiger partial charge in [0.1, 0.15) is 30.5 Å². The fourth-order valence-corrected chi connectivity index (χ4v) is 6.45. The quantitative estimate of drug-likeness (QED) is 0.0209. The standard InChI is InChI=1S/C43H74O12S/c1-3-5-7-9-11-13-15-16-17-18-19-20-21-23-25-27-29-31-33-51-35-37(53-39(45)32-30-28-26-24-22-14-12-10-8-6-4-2)36-52-43-41(47)42(55-56(48,49)50)40(46)38(34-44)54-43/h5,7,10-13,16-17,19-20,37-38,40-44,46-47H,3-4,6,8-9,14-15,18,21-36H2,1-2H3,(H,48,49,50)/b7-5-,12-10-,13-11-,17-16-,20-19-. The van der Waals surface area contributed by atoms with Crippen molar-refractivity contribution in [2.24, 2.45) is 0 Å². The smallest absolute Gasteiger partial charge is 0.397 e. The van der Waals surface area contributed by atoms with Crippen LogP contribution in [0.25, 0.3) is 0 Å². The van der Waals surface area contributed by atoms with Crippen molar-refractivity contribution in [3.63, 3.8) is 0 Å². The first kappa shape index (κ1) is 51.8. The minimum Gasteiger partial charge on any atom is -0.457 e. The summed E-state index contributed by atoms with van der Waals surface area (Å²) in [6.45, 7) is 3.75. The van der Waals surface area contributed by atoms with Crippen molar-refractivity contribution in [1.82, 2.24) is 0 Å². The molecule has 1 fully saturated rings. The molecule has 0 saturated carbocycles. The van der Waals surface area contributed by atoms with Crippen molar-refractivity contribution in [2.45, 2.75) is 179 Å². The predicted octanol–water partition coefficient (Wildman–Crippen LogP) is 8.18. The molecular weight excluding hydrogens is 741 g/mol. The van der Waals surface area contributed by atoms with Gasteiger partial charge in [0, 0.05) is 13.0 Å². The van der Waals surface area contributed by atoms with Crippen LogP contribution in [0, 0.1) is 0 Å². The van der Waals surface area contributed by atoms with Crippen LogP contribution in [0.5, 0.6) is 0 Å². The first-order valence-corrected chi connectivity index (χ1v) is 22.4. The monoisotopic (exact) mass is 814 g/mol. The minimum atomic E-state index is -5.06. The topological polar surface area (TPSA) is 178 Å². The van der Waals surface area contributed by atoms with Crippen molar-refractivity contribution in [3.05, 3.63) is 60.8 Å². The lowest BCUT2D eigenvalue weighted by Gasteiger charge is -2.41. The van der Waals surface area contributed by atoms with Gasteiger partial charge in [0.15, 0.2) is 6.29 Å². The van der Waals surface area contributed by atoms with Gasteiger partial charge in [-0.2, -0.15) is 8.42 Å². The molecule has 0 aromatic rings. The average molecular weight is 815 g/mol. The molecule has 0 spiro atoms. The van der Waals surface area contributed by atoms with E-state index in [4.69, 9.17) is 23.5 Å². The number of aliphatic hydroxyl groups is 3. The third-order valence-electron chi connectivity index (χ3n) is 9.12. The number of hydrogen-bond donors (Lipinski definition) is 4. The Morgan fingerprint density at radius 3 is 1.82 bits per heavy atom. The molecule has 4 N–H and O–H groups in total. The number of carbonyl (C=O) groups is 1. The summed E-state index contributed by atoms with van der Waals surface area (Å²) in [5, 5.41) is 30.6. The molecule has 56 heavy (non-hydrogen) atoms. The third kappa shape index (κ3) is 28.2. The lowest BCUT2D eigenvalue weighted by atomic mass is 9.99. The maximum absolute atomic E-state index is 12.8. The lowest BCUT2D eigenvalue weighted by Crippen LogP contribution is -2.60. The second kappa shape index (κ2) is 34.8. The highest BCUT2D eigenvalue weighted by Crippen LogP contribution is 2.26. The van der Waals surface area contributed by atoms with Crippen LogP contribution >= 0.6 is 0 Å². The van der Waals surface area contributed by atoms with Crippen LogP contribution in [0.3, 0.4) is 0 Å². The summed E-state index contributed by atoms with van der Waals surface area (Å²) in [5.74, 6) is -0.421. The molecule has 0 radical (unpaired) electrons. The highest BCUT2D eigenvalue weighted by Gasteiger charge is 2.48. The van der Waals surface area contributed by atoms with Gasteiger partial charge in [-0.25, -0.2) is 4.18 Å². The molecule has 0 aromatic heterocycles. The minimum absolute atomic E-state index is 0.0170. The summed E-state index contributed by atoms with van der Waals surface area (Å²) < 4.78 is 58.9. The van der Waals surface area contributed by atoms with Gasteiger partial charge in [0.2, 0.25) is 0 Å². The van der Waals surface area contributed by atoms with Gasteiger partial charge < -0.3 is 34.3 Å². The van der Waals surface area contributed by atoms with Crippen LogP contribution in [0.15, 0.2) is 60.8 Å². The van der Waals surface area contributed by atoms with E-state index in [0.717, 1.165) is 103 Å². The molecule has 1 heterocycles. The Labute approximate surface area is 338 Å². The first-order chi connectivity index (χ1) is 27.1. The maximum Gasteiger partial charge on any atom is 0.397 e.